The molecule has 1 aliphatic heterocycles. The third-order valence-electron chi connectivity index (χ3n) is 2.81. The van der Waals surface area contributed by atoms with E-state index in [1.54, 1.807) is 6.92 Å². The van der Waals surface area contributed by atoms with Crippen LogP contribution in [0, 0.1) is 5.92 Å². The maximum atomic E-state index is 11.7. The van der Waals surface area contributed by atoms with Gasteiger partial charge in [0.2, 0.25) is 11.8 Å². The van der Waals surface area contributed by atoms with E-state index < -0.39 is 6.04 Å². The molecular weight excluding hydrogens is 218 g/mol. The van der Waals surface area contributed by atoms with Crippen molar-refractivity contribution in [3.8, 4) is 0 Å². The molecule has 2 amide bonds. The quantitative estimate of drug-likeness (QED) is 0.635. The molecule has 98 valence electrons. The van der Waals surface area contributed by atoms with E-state index in [9.17, 15) is 9.59 Å². The lowest BCUT2D eigenvalue weighted by Gasteiger charge is -2.17. The lowest BCUT2D eigenvalue weighted by Crippen LogP contribution is -2.50. The molecule has 3 N–H and O–H groups in total. The molecule has 1 saturated heterocycles. The summed E-state index contributed by atoms with van der Waals surface area (Å²) in [6.07, 6.45) is 1.87. The van der Waals surface area contributed by atoms with Crippen molar-refractivity contribution in [1.29, 1.82) is 0 Å². The molecule has 0 saturated carbocycles. The minimum absolute atomic E-state index is 0.0744. The topological polar surface area (TPSA) is 70.2 Å². The summed E-state index contributed by atoms with van der Waals surface area (Å²) in [6.45, 7) is 7.30. The van der Waals surface area contributed by atoms with Gasteiger partial charge in [-0.2, -0.15) is 0 Å². The van der Waals surface area contributed by atoms with Crippen molar-refractivity contribution in [2.45, 2.75) is 45.7 Å². The van der Waals surface area contributed by atoms with Gasteiger partial charge < -0.3 is 16.0 Å². The number of nitrogens with one attached hydrogen (secondary N) is 3. The van der Waals surface area contributed by atoms with Crippen LogP contribution in [0.4, 0.5) is 0 Å². The van der Waals surface area contributed by atoms with Crippen molar-refractivity contribution in [2.75, 3.05) is 13.1 Å². The molecule has 0 aromatic carbocycles. The number of carbonyl (C=O) groups excluding carboxylic acids is 2. The number of amides is 2. The average molecular weight is 241 g/mol. The van der Waals surface area contributed by atoms with Gasteiger partial charge in [-0.05, 0) is 32.2 Å². The summed E-state index contributed by atoms with van der Waals surface area (Å²) in [5.41, 5.74) is 0. The first-order chi connectivity index (χ1) is 8.00. The van der Waals surface area contributed by atoms with E-state index in [2.05, 4.69) is 16.0 Å². The van der Waals surface area contributed by atoms with E-state index in [0.717, 1.165) is 19.4 Å². The summed E-state index contributed by atoms with van der Waals surface area (Å²) in [5, 5.41) is 8.64. The van der Waals surface area contributed by atoms with Crippen molar-refractivity contribution in [1.82, 2.24) is 16.0 Å². The molecule has 5 heteroatoms. The predicted octanol–water partition coefficient (Wildman–Crippen LogP) is 0.0153. The van der Waals surface area contributed by atoms with Gasteiger partial charge in [0.25, 0.3) is 0 Å². The lowest BCUT2D eigenvalue weighted by molar-refractivity contribution is -0.129. The Hall–Kier alpha value is -1.10. The summed E-state index contributed by atoms with van der Waals surface area (Å²) < 4.78 is 0. The predicted molar refractivity (Wildman–Crippen MR) is 66.5 cm³/mol. The standard InChI is InChI=1S/C12H23N3O2/c1-8(2)7-14-11(16)9(3)15-12(17)10-5-4-6-13-10/h8-10,13H,4-7H2,1-3H3,(H,14,16)(H,15,17). The lowest BCUT2D eigenvalue weighted by atomic mass is 10.2. The van der Waals surface area contributed by atoms with Gasteiger partial charge in [-0.3, -0.25) is 9.59 Å². The molecule has 5 nitrogen and oxygen atoms in total. The number of rotatable bonds is 5. The van der Waals surface area contributed by atoms with Crippen LogP contribution in [-0.4, -0.2) is 37.0 Å². The van der Waals surface area contributed by atoms with Crippen LogP contribution in [0.3, 0.4) is 0 Å². The molecule has 1 aliphatic rings. The third kappa shape index (κ3) is 4.73. The Kier molecular flexibility index (Phi) is 5.41. The highest BCUT2D eigenvalue weighted by Crippen LogP contribution is 2.04. The first-order valence-corrected chi connectivity index (χ1v) is 6.32. The zero-order chi connectivity index (χ0) is 12.8. The molecule has 1 fully saturated rings. The molecule has 0 bridgehead atoms. The molecule has 0 aromatic heterocycles. The van der Waals surface area contributed by atoms with Crippen molar-refractivity contribution >= 4 is 11.8 Å². The Morgan fingerprint density at radius 2 is 2.06 bits per heavy atom. The Balaban J connectivity index is 2.29. The number of hydrogen-bond donors (Lipinski definition) is 3. The van der Waals surface area contributed by atoms with Crippen LogP contribution < -0.4 is 16.0 Å². The summed E-state index contributed by atoms with van der Waals surface area (Å²) >= 11 is 0. The van der Waals surface area contributed by atoms with Crippen molar-refractivity contribution in [2.24, 2.45) is 5.92 Å². The summed E-state index contributed by atoms with van der Waals surface area (Å²) in [4.78, 5) is 23.4. The molecule has 2 unspecified atom stereocenters. The maximum absolute atomic E-state index is 11.7. The van der Waals surface area contributed by atoms with Gasteiger partial charge in [0.05, 0.1) is 6.04 Å². The van der Waals surface area contributed by atoms with Gasteiger partial charge in [0, 0.05) is 6.54 Å². The van der Waals surface area contributed by atoms with Gasteiger partial charge in [0.1, 0.15) is 6.04 Å². The van der Waals surface area contributed by atoms with Crippen molar-refractivity contribution < 1.29 is 9.59 Å². The zero-order valence-electron chi connectivity index (χ0n) is 10.9. The van der Waals surface area contributed by atoms with E-state index in [4.69, 9.17) is 0 Å². The van der Waals surface area contributed by atoms with Gasteiger partial charge >= 0.3 is 0 Å². The first kappa shape index (κ1) is 14.0. The highest BCUT2D eigenvalue weighted by atomic mass is 16.2. The number of hydrogen-bond acceptors (Lipinski definition) is 3. The molecule has 1 rings (SSSR count). The second kappa shape index (κ2) is 6.59. The van der Waals surface area contributed by atoms with Crippen molar-refractivity contribution in [3.63, 3.8) is 0 Å². The molecule has 17 heavy (non-hydrogen) atoms. The van der Waals surface area contributed by atoms with Crippen LogP contribution in [0.2, 0.25) is 0 Å². The van der Waals surface area contributed by atoms with Gasteiger partial charge in [0.15, 0.2) is 0 Å². The van der Waals surface area contributed by atoms with E-state index in [0.29, 0.717) is 12.5 Å². The Morgan fingerprint density at radius 1 is 1.35 bits per heavy atom. The summed E-state index contributed by atoms with van der Waals surface area (Å²) in [5.74, 6) is 0.220. The van der Waals surface area contributed by atoms with E-state index in [-0.39, 0.29) is 17.9 Å². The molecule has 0 aromatic rings. The maximum Gasteiger partial charge on any atom is 0.242 e. The summed E-state index contributed by atoms with van der Waals surface area (Å²) in [6, 6.07) is -0.598. The third-order valence-corrected chi connectivity index (χ3v) is 2.81. The molecule has 2 atom stereocenters. The zero-order valence-corrected chi connectivity index (χ0v) is 10.9. The molecule has 1 heterocycles. The minimum atomic E-state index is -0.469. The SMILES string of the molecule is CC(C)CNC(=O)C(C)NC(=O)C1CCCN1. The molecule has 0 radical (unpaired) electrons. The van der Waals surface area contributed by atoms with Gasteiger partial charge in [-0.15, -0.1) is 0 Å². The monoisotopic (exact) mass is 241 g/mol. The average Bonchev–Trinajstić information content (AvgIpc) is 2.78. The largest absolute Gasteiger partial charge is 0.354 e. The normalized spacial score (nSPS) is 21.3. The number of carbonyl (C=O) groups is 2. The van der Waals surface area contributed by atoms with Crippen LogP contribution in [0.5, 0.6) is 0 Å². The van der Waals surface area contributed by atoms with Crippen LogP contribution in [0.1, 0.15) is 33.6 Å². The Bertz CT molecular complexity index is 273. The van der Waals surface area contributed by atoms with E-state index in [1.807, 2.05) is 13.8 Å². The second-order valence-electron chi connectivity index (χ2n) is 5.02. The van der Waals surface area contributed by atoms with Crippen LogP contribution in [0.25, 0.3) is 0 Å². The van der Waals surface area contributed by atoms with Crippen LogP contribution in [-0.2, 0) is 9.59 Å². The molecule has 0 spiro atoms. The highest BCUT2D eigenvalue weighted by molar-refractivity contribution is 5.89. The fourth-order valence-electron chi connectivity index (χ4n) is 1.75. The summed E-state index contributed by atoms with van der Waals surface area (Å²) in [7, 11) is 0. The first-order valence-electron chi connectivity index (χ1n) is 6.32. The van der Waals surface area contributed by atoms with Crippen LogP contribution in [0.15, 0.2) is 0 Å². The van der Waals surface area contributed by atoms with E-state index in [1.165, 1.54) is 0 Å². The Morgan fingerprint density at radius 3 is 2.59 bits per heavy atom. The Labute approximate surface area is 103 Å². The smallest absolute Gasteiger partial charge is 0.242 e. The molecular formula is C12H23N3O2. The van der Waals surface area contributed by atoms with Crippen LogP contribution >= 0.6 is 0 Å². The van der Waals surface area contributed by atoms with Crippen molar-refractivity contribution in [3.05, 3.63) is 0 Å². The van der Waals surface area contributed by atoms with Gasteiger partial charge in [-0.1, -0.05) is 13.8 Å². The highest BCUT2D eigenvalue weighted by Gasteiger charge is 2.24. The van der Waals surface area contributed by atoms with E-state index >= 15 is 0 Å². The minimum Gasteiger partial charge on any atom is -0.354 e. The fourth-order valence-corrected chi connectivity index (χ4v) is 1.75. The fraction of sp³-hybridized carbons (Fsp3) is 0.833. The second-order valence-corrected chi connectivity index (χ2v) is 5.02. The molecule has 0 aliphatic carbocycles. The van der Waals surface area contributed by atoms with Gasteiger partial charge in [-0.25, -0.2) is 0 Å².